The molecule has 1 saturated carbocycles. The molecule has 0 heterocycles. The fourth-order valence-electron chi connectivity index (χ4n) is 2.35. The molecule has 2 nitrogen and oxygen atoms in total. The second-order valence-corrected chi connectivity index (χ2v) is 4.43. The highest BCUT2D eigenvalue weighted by atomic mass is 19.1. The van der Waals surface area contributed by atoms with Crippen LogP contribution in [0.2, 0.25) is 0 Å². The third-order valence-electron chi connectivity index (χ3n) is 3.28. The van der Waals surface area contributed by atoms with Gasteiger partial charge in [0.05, 0.1) is 17.8 Å². The molecule has 1 aliphatic carbocycles. The van der Waals surface area contributed by atoms with Gasteiger partial charge in [0.1, 0.15) is 11.6 Å². The highest BCUT2D eigenvalue weighted by Gasteiger charge is 2.25. The minimum absolute atomic E-state index is 0.105. The molecule has 1 aliphatic rings. The summed E-state index contributed by atoms with van der Waals surface area (Å²) in [7, 11) is 1.67. The third-order valence-corrected chi connectivity index (χ3v) is 3.28. The maximum atomic E-state index is 13.5. The van der Waals surface area contributed by atoms with E-state index in [4.69, 9.17) is 4.74 Å². The van der Waals surface area contributed by atoms with Crippen LogP contribution in [-0.2, 0) is 4.74 Å². The maximum Gasteiger partial charge on any atom is 0.149 e. The van der Waals surface area contributed by atoms with Crippen molar-refractivity contribution < 1.29 is 13.5 Å². The van der Waals surface area contributed by atoms with Gasteiger partial charge in [0.2, 0.25) is 0 Å². The van der Waals surface area contributed by atoms with Crippen LogP contribution in [0.3, 0.4) is 0 Å². The summed E-state index contributed by atoms with van der Waals surface area (Å²) < 4.78 is 31.7. The number of halogens is 2. The molecule has 0 radical (unpaired) electrons. The number of hydrogen-bond donors (Lipinski definition) is 1. The first-order valence-corrected chi connectivity index (χ1v) is 5.95. The zero-order valence-electron chi connectivity index (χ0n) is 9.88. The molecule has 0 aliphatic heterocycles. The van der Waals surface area contributed by atoms with Crippen molar-refractivity contribution in [2.75, 3.05) is 12.4 Å². The van der Waals surface area contributed by atoms with E-state index in [0.717, 1.165) is 31.7 Å². The largest absolute Gasteiger partial charge is 0.379 e. The molecule has 0 bridgehead atoms. The second kappa shape index (κ2) is 5.45. The highest BCUT2D eigenvalue weighted by Crippen LogP contribution is 2.25. The lowest BCUT2D eigenvalue weighted by atomic mass is 9.92. The lowest BCUT2D eigenvalue weighted by molar-refractivity contribution is 0.0605. The van der Waals surface area contributed by atoms with Gasteiger partial charge in [0.25, 0.3) is 0 Å². The summed E-state index contributed by atoms with van der Waals surface area (Å²) >= 11 is 0. The Morgan fingerprint density at radius 1 is 1.24 bits per heavy atom. The van der Waals surface area contributed by atoms with Crippen LogP contribution in [0.25, 0.3) is 0 Å². The summed E-state index contributed by atoms with van der Waals surface area (Å²) in [4.78, 5) is 0. The minimum atomic E-state index is -0.556. The Hall–Kier alpha value is -1.16. The van der Waals surface area contributed by atoms with E-state index in [9.17, 15) is 8.78 Å². The third kappa shape index (κ3) is 2.94. The van der Waals surface area contributed by atoms with E-state index >= 15 is 0 Å². The molecule has 2 rings (SSSR count). The number of ether oxygens (including phenoxy) is 1. The minimum Gasteiger partial charge on any atom is -0.379 e. The van der Waals surface area contributed by atoms with Crippen molar-refractivity contribution in [1.82, 2.24) is 0 Å². The summed E-state index contributed by atoms with van der Waals surface area (Å²) in [6.07, 6.45) is 4.29. The molecule has 1 aromatic rings. The molecule has 17 heavy (non-hydrogen) atoms. The topological polar surface area (TPSA) is 21.3 Å². The molecule has 2 unspecified atom stereocenters. The number of benzene rings is 1. The van der Waals surface area contributed by atoms with Crippen molar-refractivity contribution in [3.8, 4) is 0 Å². The van der Waals surface area contributed by atoms with Crippen LogP contribution < -0.4 is 5.32 Å². The van der Waals surface area contributed by atoms with E-state index in [1.165, 1.54) is 12.1 Å². The van der Waals surface area contributed by atoms with Crippen molar-refractivity contribution in [1.29, 1.82) is 0 Å². The molecule has 1 N–H and O–H groups in total. The Kier molecular flexibility index (Phi) is 3.94. The van der Waals surface area contributed by atoms with Gasteiger partial charge in [-0.25, -0.2) is 8.78 Å². The highest BCUT2D eigenvalue weighted by molar-refractivity contribution is 5.45. The van der Waals surface area contributed by atoms with Crippen molar-refractivity contribution in [2.24, 2.45) is 0 Å². The molecular formula is C13H17F2NO. The van der Waals surface area contributed by atoms with Crippen LogP contribution in [0.4, 0.5) is 14.5 Å². The number of hydrogen-bond acceptors (Lipinski definition) is 2. The standard InChI is InChI=1S/C13H17F2NO/c1-17-13-5-3-2-4-12(13)16-11-7-6-9(14)8-10(11)15/h6-8,12-13,16H,2-5H2,1H3. The van der Waals surface area contributed by atoms with Gasteiger partial charge in [-0.3, -0.25) is 0 Å². The molecule has 4 heteroatoms. The second-order valence-electron chi connectivity index (χ2n) is 4.43. The Morgan fingerprint density at radius 2 is 2.00 bits per heavy atom. The fourth-order valence-corrected chi connectivity index (χ4v) is 2.35. The Balaban J connectivity index is 2.08. The van der Waals surface area contributed by atoms with Gasteiger partial charge in [-0.15, -0.1) is 0 Å². The van der Waals surface area contributed by atoms with E-state index in [-0.39, 0.29) is 12.1 Å². The number of anilines is 1. The molecule has 94 valence electrons. The van der Waals surface area contributed by atoms with Gasteiger partial charge in [-0.2, -0.15) is 0 Å². The van der Waals surface area contributed by atoms with Gasteiger partial charge >= 0.3 is 0 Å². The van der Waals surface area contributed by atoms with E-state index in [1.54, 1.807) is 7.11 Å². The van der Waals surface area contributed by atoms with Crippen molar-refractivity contribution in [2.45, 2.75) is 37.8 Å². The molecule has 1 fully saturated rings. The predicted octanol–water partition coefficient (Wildman–Crippen LogP) is 3.33. The van der Waals surface area contributed by atoms with E-state index in [2.05, 4.69) is 5.32 Å². The SMILES string of the molecule is COC1CCCCC1Nc1ccc(F)cc1F. The summed E-state index contributed by atoms with van der Waals surface area (Å²) in [6, 6.07) is 3.70. The monoisotopic (exact) mass is 241 g/mol. The Labute approximate surface area is 100.0 Å². The number of nitrogens with one attached hydrogen (secondary N) is 1. The quantitative estimate of drug-likeness (QED) is 0.876. The first-order chi connectivity index (χ1) is 8.20. The van der Waals surface area contributed by atoms with E-state index in [0.29, 0.717) is 5.69 Å². The van der Waals surface area contributed by atoms with Gasteiger partial charge in [0.15, 0.2) is 0 Å². The van der Waals surface area contributed by atoms with Gasteiger partial charge in [-0.05, 0) is 25.0 Å². The van der Waals surface area contributed by atoms with Crippen molar-refractivity contribution in [3.63, 3.8) is 0 Å². The average Bonchev–Trinajstić information content (AvgIpc) is 2.33. The van der Waals surface area contributed by atoms with Crippen LogP contribution >= 0.6 is 0 Å². The molecule has 2 atom stereocenters. The van der Waals surface area contributed by atoms with Crippen LogP contribution in [0.15, 0.2) is 18.2 Å². The van der Waals surface area contributed by atoms with Crippen molar-refractivity contribution in [3.05, 3.63) is 29.8 Å². The van der Waals surface area contributed by atoms with E-state index < -0.39 is 11.6 Å². The summed E-state index contributed by atoms with van der Waals surface area (Å²) in [5, 5.41) is 3.11. The lowest BCUT2D eigenvalue weighted by Gasteiger charge is -2.31. The number of rotatable bonds is 3. The molecule has 1 aromatic carbocycles. The molecule has 0 saturated heterocycles. The molecule has 0 spiro atoms. The van der Waals surface area contributed by atoms with Crippen LogP contribution in [0, 0.1) is 11.6 Å². The van der Waals surface area contributed by atoms with Gasteiger partial charge in [-0.1, -0.05) is 12.8 Å². The smallest absolute Gasteiger partial charge is 0.149 e. The molecular weight excluding hydrogens is 224 g/mol. The summed E-state index contributed by atoms with van der Waals surface area (Å²) in [6.45, 7) is 0. The summed E-state index contributed by atoms with van der Waals surface area (Å²) in [5.41, 5.74) is 0.348. The Morgan fingerprint density at radius 3 is 2.71 bits per heavy atom. The Bertz CT molecular complexity index is 384. The first-order valence-electron chi connectivity index (χ1n) is 5.95. The zero-order chi connectivity index (χ0) is 12.3. The lowest BCUT2D eigenvalue weighted by Crippen LogP contribution is -2.38. The molecule has 0 aromatic heterocycles. The number of methoxy groups -OCH3 is 1. The maximum absolute atomic E-state index is 13.5. The predicted molar refractivity (Wildman–Crippen MR) is 63.0 cm³/mol. The normalized spacial score (nSPS) is 24.6. The summed E-state index contributed by atoms with van der Waals surface area (Å²) in [5.74, 6) is -1.11. The van der Waals surface area contributed by atoms with E-state index in [1.807, 2.05) is 0 Å². The van der Waals surface area contributed by atoms with Gasteiger partial charge < -0.3 is 10.1 Å². The first kappa shape index (κ1) is 12.3. The average molecular weight is 241 g/mol. The van der Waals surface area contributed by atoms with Crippen LogP contribution in [-0.4, -0.2) is 19.3 Å². The van der Waals surface area contributed by atoms with Crippen LogP contribution in [0.1, 0.15) is 25.7 Å². The zero-order valence-corrected chi connectivity index (χ0v) is 9.88. The van der Waals surface area contributed by atoms with Crippen molar-refractivity contribution >= 4 is 5.69 Å². The van der Waals surface area contributed by atoms with Crippen LogP contribution in [0.5, 0.6) is 0 Å². The van der Waals surface area contributed by atoms with Gasteiger partial charge in [0, 0.05) is 13.2 Å². The fraction of sp³-hybridized carbons (Fsp3) is 0.538. The molecule has 0 amide bonds.